The number of nitrogens with one attached hydrogen (secondary N) is 2. The van der Waals surface area contributed by atoms with Gasteiger partial charge in [0, 0.05) is 32.7 Å². The third-order valence-corrected chi connectivity index (χ3v) is 2.80. The number of morpholine rings is 1. The smallest absolute Gasteiger partial charge is 0.237 e. The molecule has 1 amide bonds. The topological polar surface area (TPSA) is 53.6 Å². The Hall–Kier alpha value is -0.910. The molecule has 0 saturated carbocycles. The van der Waals surface area contributed by atoms with Gasteiger partial charge in [-0.2, -0.15) is 0 Å². The van der Waals surface area contributed by atoms with Crippen molar-refractivity contribution in [1.82, 2.24) is 15.5 Å². The van der Waals surface area contributed by atoms with E-state index < -0.39 is 0 Å². The van der Waals surface area contributed by atoms with Crippen molar-refractivity contribution in [2.45, 2.75) is 13.0 Å². The molecule has 1 unspecified atom stereocenters. The Morgan fingerprint density at radius 3 is 2.88 bits per heavy atom. The molecule has 0 aromatic carbocycles. The van der Waals surface area contributed by atoms with Crippen LogP contribution in [0.5, 0.6) is 0 Å². The highest BCUT2D eigenvalue weighted by molar-refractivity contribution is 5.81. The van der Waals surface area contributed by atoms with Crippen LogP contribution in [-0.4, -0.2) is 62.8 Å². The molecule has 98 valence electrons. The lowest BCUT2D eigenvalue weighted by Crippen LogP contribution is -2.46. The molecule has 2 N–H and O–H groups in total. The SMILES string of the molecule is C=CCNC(=O)C(C)NCCN1CCOCC1. The van der Waals surface area contributed by atoms with E-state index in [0.29, 0.717) is 6.54 Å². The predicted molar refractivity (Wildman–Crippen MR) is 67.9 cm³/mol. The average Bonchev–Trinajstić information content (AvgIpc) is 2.37. The molecule has 0 radical (unpaired) electrons. The van der Waals surface area contributed by atoms with Crippen molar-refractivity contribution in [1.29, 1.82) is 0 Å². The molecular formula is C12H23N3O2. The molecule has 1 atom stereocenters. The summed E-state index contributed by atoms with van der Waals surface area (Å²) in [7, 11) is 0. The van der Waals surface area contributed by atoms with Crippen LogP contribution in [0.25, 0.3) is 0 Å². The Balaban J connectivity index is 2.07. The van der Waals surface area contributed by atoms with Gasteiger partial charge in [-0.1, -0.05) is 6.08 Å². The molecule has 1 fully saturated rings. The molecule has 0 aromatic heterocycles. The van der Waals surface area contributed by atoms with Crippen molar-refractivity contribution in [2.24, 2.45) is 0 Å². The molecule has 1 saturated heterocycles. The minimum atomic E-state index is -0.156. The van der Waals surface area contributed by atoms with Gasteiger partial charge in [0.25, 0.3) is 0 Å². The zero-order valence-corrected chi connectivity index (χ0v) is 10.6. The van der Waals surface area contributed by atoms with Gasteiger partial charge in [-0.25, -0.2) is 0 Å². The molecular weight excluding hydrogens is 218 g/mol. The number of ether oxygens (including phenoxy) is 1. The number of hydrogen-bond donors (Lipinski definition) is 2. The molecule has 17 heavy (non-hydrogen) atoms. The standard InChI is InChI=1S/C12H23N3O2/c1-3-4-14-12(16)11(2)13-5-6-15-7-9-17-10-8-15/h3,11,13H,1,4-10H2,2H3,(H,14,16). The zero-order valence-electron chi connectivity index (χ0n) is 10.6. The van der Waals surface area contributed by atoms with Gasteiger partial charge in [-0.05, 0) is 6.92 Å². The molecule has 5 heteroatoms. The van der Waals surface area contributed by atoms with Gasteiger partial charge in [-0.15, -0.1) is 6.58 Å². The van der Waals surface area contributed by atoms with Gasteiger partial charge in [0.2, 0.25) is 5.91 Å². The van der Waals surface area contributed by atoms with E-state index in [4.69, 9.17) is 4.74 Å². The van der Waals surface area contributed by atoms with Gasteiger partial charge in [0.15, 0.2) is 0 Å². The first-order valence-electron chi connectivity index (χ1n) is 6.16. The van der Waals surface area contributed by atoms with Gasteiger partial charge < -0.3 is 15.4 Å². The largest absolute Gasteiger partial charge is 0.379 e. The molecule has 1 aliphatic rings. The van der Waals surface area contributed by atoms with Crippen LogP contribution in [0.3, 0.4) is 0 Å². The first-order chi connectivity index (χ1) is 8.24. The number of nitrogens with zero attached hydrogens (tertiary/aromatic N) is 1. The van der Waals surface area contributed by atoms with E-state index >= 15 is 0 Å². The summed E-state index contributed by atoms with van der Waals surface area (Å²) in [5, 5.41) is 5.98. The van der Waals surface area contributed by atoms with E-state index in [1.807, 2.05) is 6.92 Å². The number of amides is 1. The van der Waals surface area contributed by atoms with Gasteiger partial charge in [0.1, 0.15) is 0 Å². The van der Waals surface area contributed by atoms with Crippen LogP contribution in [0.2, 0.25) is 0 Å². The van der Waals surface area contributed by atoms with Crippen LogP contribution < -0.4 is 10.6 Å². The maximum atomic E-state index is 11.5. The molecule has 0 aliphatic carbocycles. The van der Waals surface area contributed by atoms with Gasteiger partial charge in [0.05, 0.1) is 19.3 Å². The van der Waals surface area contributed by atoms with Crippen molar-refractivity contribution < 1.29 is 9.53 Å². The van der Waals surface area contributed by atoms with Gasteiger partial charge in [-0.3, -0.25) is 9.69 Å². The normalized spacial score (nSPS) is 18.6. The second-order valence-electron chi connectivity index (χ2n) is 4.16. The summed E-state index contributed by atoms with van der Waals surface area (Å²) in [6, 6.07) is -0.156. The summed E-state index contributed by atoms with van der Waals surface area (Å²) in [5.74, 6) is 0.0203. The number of carbonyl (C=O) groups excluding carboxylic acids is 1. The van der Waals surface area contributed by atoms with Crippen LogP contribution in [-0.2, 0) is 9.53 Å². The van der Waals surface area contributed by atoms with E-state index in [0.717, 1.165) is 39.4 Å². The fourth-order valence-electron chi connectivity index (χ4n) is 1.68. The Kier molecular flexibility index (Phi) is 6.84. The van der Waals surface area contributed by atoms with Crippen LogP contribution >= 0.6 is 0 Å². The summed E-state index contributed by atoms with van der Waals surface area (Å²) in [6.45, 7) is 11.3. The maximum absolute atomic E-state index is 11.5. The summed E-state index contributed by atoms with van der Waals surface area (Å²) >= 11 is 0. The van der Waals surface area contributed by atoms with Crippen molar-refractivity contribution in [3.8, 4) is 0 Å². The van der Waals surface area contributed by atoms with E-state index in [9.17, 15) is 4.79 Å². The zero-order chi connectivity index (χ0) is 12.5. The van der Waals surface area contributed by atoms with Crippen molar-refractivity contribution in [2.75, 3.05) is 45.9 Å². The maximum Gasteiger partial charge on any atom is 0.237 e. The van der Waals surface area contributed by atoms with Crippen molar-refractivity contribution in [3.63, 3.8) is 0 Å². The predicted octanol–water partition coefficient (Wildman–Crippen LogP) is -0.401. The Bertz CT molecular complexity index is 240. The summed E-state index contributed by atoms with van der Waals surface area (Å²) in [4.78, 5) is 13.9. The monoisotopic (exact) mass is 241 g/mol. The van der Waals surface area contributed by atoms with Crippen molar-refractivity contribution >= 4 is 5.91 Å². The lowest BCUT2D eigenvalue weighted by Gasteiger charge is -2.27. The van der Waals surface area contributed by atoms with Crippen molar-refractivity contribution in [3.05, 3.63) is 12.7 Å². The van der Waals surface area contributed by atoms with E-state index in [1.165, 1.54) is 0 Å². The number of rotatable bonds is 7. The fourth-order valence-corrected chi connectivity index (χ4v) is 1.68. The second kappa shape index (κ2) is 8.22. The van der Waals surface area contributed by atoms with E-state index in [1.54, 1.807) is 6.08 Å². The van der Waals surface area contributed by atoms with Crippen LogP contribution in [0, 0.1) is 0 Å². The number of hydrogen-bond acceptors (Lipinski definition) is 4. The summed E-state index contributed by atoms with van der Waals surface area (Å²) in [5.41, 5.74) is 0. The van der Waals surface area contributed by atoms with Crippen LogP contribution in [0.4, 0.5) is 0 Å². The minimum absolute atomic E-state index is 0.0203. The molecule has 0 spiro atoms. The molecule has 1 aliphatic heterocycles. The lowest BCUT2D eigenvalue weighted by molar-refractivity contribution is -0.122. The quantitative estimate of drug-likeness (QED) is 0.596. The molecule has 0 bridgehead atoms. The Morgan fingerprint density at radius 1 is 1.53 bits per heavy atom. The number of carbonyl (C=O) groups is 1. The third kappa shape index (κ3) is 5.81. The minimum Gasteiger partial charge on any atom is -0.379 e. The van der Waals surface area contributed by atoms with Crippen LogP contribution in [0.15, 0.2) is 12.7 Å². The first kappa shape index (κ1) is 14.2. The fraction of sp³-hybridized carbons (Fsp3) is 0.750. The molecule has 1 rings (SSSR count). The Labute approximate surface area is 103 Å². The molecule has 5 nitrogen and oxygen atoms in total. The van der Waals surface area contributed by atoms with Crippen LogP contribution in [0.1, 0.15) is 6.92 Å². The van der Waals surface area contributed by atoms with E-state index in [-0.39, 0.29) is 11.9 Å². The third-order valence-electron chi connectivity index (χ3n) is 2.80. The first-order valence-corrected chi connectivity index (χ1v) is 6.16. The van der Waals surface area contributed by atoms with E-state index in [2.05, 4.69) is 22.1 Å². The molecule has 1 heterocycles. The van der Waals surface area contributed by atoms with Gasteiger partial charge >= 0.3 is 0 Å². The second-order valence-corrected chi connectivity index (χ2v) is 4.16. The lowest BCUT2D eigenvalue weighted by atomic mass is 10.3. The average molecular weight is 241 g/mol. The highest BCUT2D eigenvalue weighted by Gasteiger charge is 2.13. The highest BCUT2D eigenvalue weighted by Crippen LogP contribution is 1.95. The Morgan fingerprint density at radius 2 is 2.24 bits per heavy atom. The summed E-state index contributed by atoms with van der Waals surface area (Å²) in [6.07, 6.45) is 1.68. The highest BCUT2D eigenvalue weighted by atomic mass is 16.5. The molecule has 0 aromatic rings. The summed E-state index contributed by atoms with van der Waals surface area (Å²) < 4.78 is 5.27.